The fraction of sp³-hybridized carbons (Fsp3) is 0.333. The van der Waals surface area contributed by atoms with E-state index in [0.717, 1.165) is 37.2 Å². The van der Waals surface area contributed by atoms with E-state index in [9.17, 15) is 4.79 Å². The minimum absolute atomic E-state index is 0.155. The van der Waals surface area contributed by atoms with Gasteiger partial charge in [-0.1, -0.05) is 17.7 Å². The van der Waals surface area contributed by atoms with Crippen molar-refractivity contribution in [2.24, 2.45) is 0 Å². The molecule has 120 valence electrons. The van der Waals surface area contributed by atoms with Crippen LogP contribution in [0, 0.1) is 6.92 Å². The molecule has 1 aliphatic rings. The third-order valence-electron chi connectivity index (χ3n) is 3.88. The first-order valence-electron chi connectivity index (χ1n) is 7.90. The number of benzene rings is 1. The van der Waals surface area contributed by atoms with Crippen molar-refractivity contribution < 1.29 is 9.53 Å². The van der Waals surface area contributed by atoms with Crippen LogP contribution in [0.1, 0.15) is 28.8 Å². The fourth-order valence-corrected chi connectivity index (χ4v) is 2.50. The Labute approximate surface area is 136 Å². The molecule has 1 atom stereocenters. The number of carbonyl (C=O) groups excluding carboxylic acids is 1. The Morgan fingerprint density at radius 1 is 1.26 bits per heavy atom. The summed E-state index contributed by atoms with van der Waals surface area (Å²) in [5.74, 6) is 0.385. The van der Waals surface area contributed by atoms with Gasteiger partial charge in [-0.15, -0.1) is 0 Å². The van der Waals surface area contributed by atoms with E-state index in [1.807, 2.05) is 37.3 Å². The van der Waals surface area contributed by atoms with Crippen molar-refractivity contribution in [2.45, 2.75) is 25.9 Å². The molecular formula is C18H21N3O2. The van der Waals surface area contributed by atoms with Crippen LogP contribution < -0.4 is 10.6 Å². The molecule has 5 heteroatoms. The smallest absolute Gasteiger partial charge is 0.256 e. The molecular weight excluding hydrogens is 290 g/mol. The molecule has 2 heterocycles. The SMILES string of the molecule is Cc1ccc(C(=O)Nc2ccc(NCC3CCCO3)cn2)cc1. The molecule has 1 aromatic heterocycles. The Bertz CT molecular complexity index is 647. The lowest BCUT2D eigenvalue weighted by Crippen LogP contribution is -2.18. The minimum Gasteiger partial charge on any atom is -0.381 e. The first-order valence-corrected chi connectivity index (χ1v) is 7.90. The summed E-state index contributed by atoms with van der Waals surface area (Å²) < 4.78 is 5.57. The number of carbonyl (C=O) groups is 1. The highest BCUT2D eigenvalue weighted by atomic mass is 16.5. The Morgan fingerprint density at radius 3 is 2.74 bits per heavy atom. The van der Waals surface area contributed by atoms with Crippen LogP contribution >= 0.6 is 0 Å². The Kier molecular flexibility index (Phi) is 4.88. The van der Waals surface area contributed by atoms with Gasteiger partial charge in [0, 0.05) is 18.7 Å². The quantitative estimate of drug-likeness (QED) is 0.890. The van der Waals surface area contributed by atoms with E-state index in [1.165, 1.54) is 0 Å². The molecule has 1 saturated heterocycles. The standard InChI is InChI=1S/C18H21N3O2/c1-13-4-6-14(7-5-13)18(22)21-17-9-8-15(11-20-17)19-12-16-3-2-10-23-16/h4-9,11,16,19H,2-3,10,12H2,1H3,(H,20,21,22). The second kappa shape index (κ2) is 7.24. The number of pyridine rings is 1. The number of ether oxygens (including phenoxy) is 1. The largest absolute Gasteiger partial charge is 0.381 e. The van der Waals surface area contributed by atoms with E-state index >= 15 is 0 Å². The Hall–Kier alpha value is -2.40. The van der Waals surface area contributed by atoms with Gasteiger partial charge in [-0.05, 0) is 44.0 Å². The number of nitrogens with zero attached hydrogens (tertiary/aromatic N) is 1. The van der Waals surface area contributed by atoms with Crippen molar-refractivity contribution in [3.63, 3.8) is 0 Å². The number of amides is 1. The van der Waals surface area contributed by atoms with Gasteiger partial charge in [0.15, 0.2) is 0 Å². The van der Waals surface area contributed by atoms with Crippen LogP contribution in [0.25, 0.3) is 0 Å². The monoisotopic (exact) mass is 311 g/mol. The fourth-order valence-electron chi connectivity index (χ4n) is 2.50. The topological polar surface area (TPSA) is 63.2 Å². The van der Waals surface area contributed by atoms with E-state index in [4.69, 9.17) is 4.74 Å². The zero-order valence-corrected chi connectivity index (χ0v) is 13.2. The van der Waals surface area contributed by atoms with Crippen LogP contribution in [-0.2, 0) is 4.74 Å². The number of nitrogens with one attached hydrogen (secondary N) is 2. The summed E-state index contributed by atoms with van der Waals surface area (Å²) in [4.78, 5) is 16.4. The van der Waals surface area contributed by atoms with Crippen molar-refractivity contribution >= 4 is 17.4 Å². The summed E-state index contributed by atoms with van der Waals surface area (Å²) in [6.07, 6.45) is 4.25. The number of rotatable bonds is 5. The van der Waals surface area contributed by atoms with Crippen molar-refractivity contribution in [1.29, 1.82) is 0 Å². The molecule has 0 bridgehead atoms. The summed E-state index contributed by atoms with van der Waals surface area (Å²) in [6.45, 7) is 3.64. The highest BCUT2D eigenvalue weighted by molar-refractivity contribution is 6.03. The average Bonchev–Trinajstić information content (AvgIpc) is 3.08. The molecule has 1 fully saturated rings. The van der Waals surface area contributed by atoms with Gasteiger partial charge in [0.05, 0.1) is 18.0 Å². The third-order valence-corrected chi connectivity index (χ3v) is 3.88. The van der Waals surface area contributed by atoms with Crippen molar-refractivity contribution in [1.82, 2.24) is 4.98 Å². The highest BCUT2D eigenvalue weighted by Crippen LogP contribution is 2.15. The molecule has 1 aromatic carbocycles. The molecule has 5 nitrogen and oxygen atoms in total. The number of aromatic nitrogens is 1. The van der Waals surface area contributed by atoms with Crippen molar-refractivity contribution in [2.75, 3.05) is 23.8 Å². The molecule has 1 aliphatic heterocycles. The van der Waals surface area contributed by atoms with E-state index in [0.29, 0.717) is 11.4 Å². The summed E-state index contributed by atoms with van der Waals surface area (Å²) in [7, 11) is 0. The number of aryl methyl sites for hydroxylation is 1. The lowest BCUT2D eigenvalue weighted by Gasteiger charge is -2.12. The van der Waals surface area contributed by atoms with Crippen LogP contribution in [0.4, 0.5) is 11.5 Å². The lowest BCUT2D eigenvalue weighted by atomic mass is 10.1. The number of hydrogen-bond acceptors (Lipinski definition) is 4. The molecule has 3 rings (SSSR count). The summed E-state index contributed by atoms with van der Waals surface area (Å²) in [6, 6.07) is 11.2. The molecule has 23 heavy (non-hydrogen) atoms. The van der Waals surface area contributed by atoms with Crippen LogP contribution in [0.15, 0.2) is 42.6 Å². The predicted molar refractivity (Wildman–Crippen MR) is 90.8 cm³/mol. The highest BCUT2D eigenvalue weighted by Gasteiger charge is 2.14. The maximum absolute atomic E-state index is 12.1. The first kappa shape index (κ1) is 15.5. The second-order valence-electron chi connectivity index (χ2n) is 5.77. The van der Waals surface area contributed by atoms with Crippen LogP contribution in [0.5, 0.6) is 0 Å². The van der Waals surface area contributed by atoms with E-state index < -0.39 is 0 Å². The van der Waals surface area contributed by atoms with Gasteiger partial charge in [0.25, 0.3) is 5.91 Å². The van der Waals surface area contributed by atoms with E-state index in [2.05, 4.69) is 15.6 Å². The maximum atomic E-state index is 12.1. The van der Waals surface area contributed by atoms with Crippen molar-refractivity contribution in [3.05, 3.63) is 53.7 Å². The summed E-state index contributed by atoms with van der Waals surface area (Å²) in [5.41, 5.74) is 2.67. The lowest BCUT2D eigenvalue weighted by molar-refractivity contribution is 0.102. The molecule has 2 N–H and O–H groups in total. The second-order valence-corrected chi connectivity index (χ2v) is 5.77. The van der Waals surface area contributed by atoms with Gasteiger partial charge in [0.1, 0.15) is 5.82 Å². The summed E-state index contributed by atoms with van der Waals surface area (Å²) >= 11 is 0. The van der Waals surface area contributed by atoms with Crippen LogP contribution in [-0.4, -0.2) is 30.1 Å². The Balaban J connectivity index is 1.54. The normalized spacial score (nSPS) is 17.0. The van der Waals surface area contributed by atoms with Gasteiger partial charge in [0.2, 0.25) is 0 Å². The van der Waals surface area contributed by atoms with Gasteiger partial charge in [-0.3, -0.25) is 4.79 Å². The molecule has 0 aliphatic carbocycles. The zero-order valence-electron chi connectivity index (χ0n) is 13.2. The molecule has 0 spiro atoms. The predicted octanol–water partition coefficient (Wildman–Crippen LogP) is 3.23. The average molecular weight is 311 g/mol. The summed E-state index contributed by atoms with van der Waals surface area (Å²) in [5, 5.41) is 6.10. The minimum atomic E-state index is -0.155. The number of anilines is 2. The third kappa shape index (κ3) is 4.29. The van der Waals surface area contributed by atoms with Gasteiger partial charge in [-0.25, -0.2) is 4.98 Å². The first-order chi connectivity index (χ1) is 11.2. The van der Waals surface area contributed by atoms with Gasteiger partial charge in [-0.2, -0.15) is 0 Å². The number of hydrogen-bond donors (Lipinski definition) is 2. The van der Waals surface area contributed by atoms with Crippen LogP contribution in [0.3, 0.4) is 0 Å². The maximum Gasteiger partial charge on any atom is 0.256 e. The van der Waals surface area contributed by atoms with Gasteiger partial charge >= 0.3 is 0 Å². The Morgan fingerprint density at radius 2 is 2.09 bits per heavy atom. The van der Waals surface area contributed by atoms with Crippen molar-refractivity contribution in [3.8, 4) is 0 Å². The van der Waals surface area contributed by atoms with Gasteiger partial charge < -0.3 is 15.4 Å². The molecule has 0 saturated carbocycles. The van der Waals surface area contributed by atoms with E-state index in [-0.39, 0.29) is 12.0 Å². The zero-order chi connectivity index (χ0) is 16.1. The van der Waals surface area contributed by atoms with E-state index in [1.54, 1.807) is 12.3 Å². The molecule has 0 radical (unpaired) electrons. The van der Waals surface area contributed by atoms with Crippen LogP contribution in [0.2, 0.25) is 0 Å². The molecule has 1 unspecified atom stereocenters. The molecule has 1 amide bonds. The molecule has 2 aromatic rings.